The maximum absolute atomic E-state index is 2.81. The first-order valence-corrected chi connectivity index (χ1v) is 5.21. The fourth-order valence-electron chi connectivity index (χ4n) is 1.61. The van der Waals surface area contributed by atoms with Crippen molar-refractivity contribution in [3.8, 4) is 0 Å². The van der Waals surface area contributed by atoms with Crippen molar-refractivity contribution in [1.82, 2.24) is 0 Å². The molecule has 13 heavy (non-hydrogen) atoms. The Morgan fingerprint density at radius 1 is 1.15 bits per heavy atom. The largest absolute Gasteiger partial charge is 0.114 e. The first-order chi connectivity index (χ1) is 5.79. The summed E-state index contributed by atoms with van der Waals surface area (Å²) < 4.78 is 0. The number of hydrogen-bond acceptors (Lipinski definition) is 0. The van der Waals surface area contributed by atoms with Crippen LogP contribution in [0.4, 0.5) is 0 Å². The van der Waals surface area contributed by atoms with Crippen LogP contribution in [0.5, 0.6) is 0 Å². The van der Waals surface area contributed by atoms with E-state index in [1.165, 1.54) is 23.7 Å². The SMILES string of the molecule is Br.CCC(CC)c1ccccc1P. The standard InChI is InChI=1S/C11H17P.BrH/c1-3-9(4-2)10-7-5-6-8-11(10)12;/h5-9H,3-4,12H2,1-2H3;1H. The van der Waals surface area contributed by atoms with Gasteiger partial charge in [-0.3, -0.25) is 0 Å². The van der Waals surface area contributed by atoms with Crippen LogP contribution in [-0.2, 0) is 0 Å². The lowest BCUT2D eigenvalue weighted by Crippen LogP contribution is -2.06. The van der Waals surface area contributed by atoms with Crippen molar-refractivity contribution < 1.29 is 0 Å². The minimum absolute atomic E-state index is 0. The van der Waals surface area contributed by atoms with Crippen molar-refractivity contribution in [2.24, 2.45) is 0 Å². The molecule has 2 heteroatoms. The predicted octanol–water partition coefficient (Wildman–Crippen LogP) is 3.67. The van der Waals surface area contributed by atoms with Crippen molar-refractivity contribution in [2.75, 3.05) is 0 Å². The summed E-state index contributed by atoms with van der Waals surface area (Å²) in [6, 6.07) is 8.62. The molecule has 0 aliphatic carbocycles. The molecule has 0 bridgehead atoms. The second kappa shape index (κ2) is 6.56. The molecule has 0 saturated carbocycles. The summed E-state index contributed by atoms with van der Waals surface area (Å²) in [5, 5.41) is 1.35. The van der Waals surface area contributed by atoms with Gasteiger partial charge in [-0.2, -0.15) is 0 Å². The summed E-state index contributed by atoms with van der Waals surface area (Å²) >= 11 is 0. The molecule has 0 spiro atoms. The summed E-state index contributed by atoms with van der Waals surface area (Å²) in [5.41, 5.74) is 1.49. The zero-order chi connectivity index (χ0) is 8.97. The van der Waals surface area contributed by atoms with Crippen molar-refractivity contribution in [2.45, 2.75) is 32.6 Å². The Balaban J connectivity index is 0.00000144. The molecule has 74 valence electrons. The molecule has 0 amide bonds. The van der Waals surface area contributed by atoms with E-state index in [-0.39, 0.29) is 17.0 Å². The molecule has 1 rings (SSSR count). The molecule has 0 aliphatic rings. The van der Waals surface area contributed by atoms with Crippen LogP contribution in [0.1, 0.15) is 38.2 Å². The minimum Gasteiger partial charge on any atom is -0.114 e. The fraction of sp³-hybridized carbons (Fsp3) is 0.455. The third-order valence-electron chi connectivity index (χ3n) is 2.42. The summed E-state index contributed by atoms with van der Waals surface area (Å²) in [6.45, 7) is 4.51. The van der Waals surface area contributed by atoms with Gasteiger partial charge >= 0.3 is 0 Å². The van der Waals surface area contributed by atoms with E-state index >= 15 is 0 Å². The molecule has 0 nitrogen and oxygen atoms in total. The van der Waals surface area contributed by atoms with Gasteiger partial charge in [0.05, 0.1) is 0 Å². The van der Waals surface area contributed by atoms with Crippen molar-refractivity contribution in [3.05, 3.63) is 29.8 Å². The van der Waals surface area contributed by atoms with Gasteiger partial charge in [0.15, 0.2) is 0 Å². The molecule has 1 aromatic carbocycles. The van der Waals surface area contributed by atoms with E-state index in [1.807, 2.05) is 0 Å². The van der Waals surface area contributed by atoms with Gasteiger partial charge in [0, 0.05) is 0 Å². The molecule has 1 aromatic rings. The highest BCUT2D eigenvalue weighted by Crippen LogP contribution is 2.21. The van der Waals surface area contributed by atoms with Gasteiger partial charge in [-0.25, -0.2) is 0 Å². The lowest BCUT2D eigenvalue weighted by molar-refractivity contribution is 0.645. The maximum atomic E-state index is 2.81. The van der Waals surface area contributed by atoms with Gasteiger partial charge in [-0.1, -0.05) is 38.1 Å². The van der Waals surface area contributed by atoms with Crippen LogP contribution in [-0.4, -0.2) is 0 Å². The van der Waals surface area contributed by atoms with Crippen molar-refractivity contribution >= 4 is 31.5 Å². The summed E-state index contributed by atoms with van der Waals surface area (Å²) in [5.74, 6) is 0.735. The lowest BCUT2D eigenvalue weighted by atomic mass is 9.94. The van der Waals surface area contributed by atoms with E-state index in [4.69, 9.17) is 0 Å². The Morgan fingerprint density at radius 2 is 1.69 bits per heavy atom. The predicted molar refractivity (Wildman–Crippen MR) is 69.4 cm³/mol. The van der Waals surface area contributed by atoms with E-state index in [9.17, 15) is 0 Å². The second-order valence-electron chi connectivity index (χ2n) is 3.14. The number of halogens is 1. The molecule has 0 fully saturated rings. The van der Waals surface area contributed by atoms with E-state index in [1.54, 1.807) is 0 Å². The second-order valence-corrected chi connectivity index (χ2v) is 3.76. The number of rotatable bonds is 3. The van der Waals surface area contributed by atoms with Crippen molar-refractivity contribution in [3.63, 3.8) is 0 Å². The maximum Gasteiger partial charge on any atom is -0.0161 e. The fourth-order valence-corrected chi connectivity index (χ4v) is 2.05. The third-order valence-corrected chi connectivity index (χ3v) is 2.95. The molecule has 0 aromatic heterocycles. The van der Waals surface area contributed by atoms with E-state index in [2.05, 4.69) is 47.4 Å². The number of benzene rings is 1. The molecule has 1 unspecified atom stereocenters. The molecule has 0 N–H and O–H groups in total. The molecule has 0 saturated heterocycles. The van der Waals surface area contributed by atoms with Crippen LogP contribution in [0, 0.1) is 0 Å². The minimum atomic E-state index is 0. The summed E-state index contributed by atoms with van der Waals surface area (Å²) in [6.07, 6.45) is 2.48. The van der Waals surface area contributed by atoms with Crippen LogP contribution in [0.25, 0.3) is 0 Å². The van der Waals surface area contributed by atoms with Gasteiger partial charge in [0.25, 0.3) is 0 Å². The topological polar surface area (TPSA) is 0 Å². The monoisotopic (exact) mass is 260 g/mol. The van der Waals surface area contributed by atoms with Crippen molar-refractivity contribution in [1.29, 1.82) is 0 Å². The highest BCUT2D eigenvalue weighted by atomic mass is 79.9. The van der Waals surface area contributed by atoms with E-state index < -0.39 is 0 Å². The highest BCUT2D eigenvalue weighted by molar-refractivity contribution is 8.93. The first-order valence-electron chi connectivity index (χ1n) is 4.64. The molecule has 1 atom stereocenters. The molecular formula is C11H18BrP. The molecule has 0 aliphatic heterocycles. The van der Waals surface area contributed by atoms with Gasteiger partial charge in [0.2, 0.25) is 0 Å². The summed E-state index contributed by atoms with van der Waals surface area (Å²) in [4.78, 5) is 0. The van der Waals surface area contributed by atoms with E-state index in [0.717, 1.165) is 5.92 Å². The zero-order valence-corrected chi connectivity index (χ0v) is 11.2. The zero-order valence-electron chi connectivity index (χ0n) is 8.29. The third kappa shape index (κ3) is 3.40. The average Bonchev–Trinajstić information content (AvgIpc) is 2.10. The van der Waals surface area contributed by atoms with Crippen LogP contribution >= 0.6 is 26.2 Å². The normalized spacial score (nSPS) is 9.85. The van der Waals surface area contributed by atoms with Gasteiger partial charge in [-0.05, 0) is 29.6 Å². The Labute approximate surface area is 94.1 Å². The first kappa shape index (κ1) is 13.1. The smallest absolute Gasteiger partial charge is 0.0161 e. The van der Waals surface area contributed by atoms with Gasteiger partial charge in [-0.15, -0.1) is 26.2 Å². The highest BCUT2D eigenvalue weighted by Gasteiger charge is 2.07. The van der Waals surface area contributed by atoms with Gasteiger partial charge < -0.3 is 0 Å². The molecule has 0 radical (unpaired) electrons. The van der Waals surface area contributed by atoms with Crippen LogP contribution in [0.3, 0.4) is 0 Å². The van der Waals surface area contributed by atoms with Crippen LogP contribution < -0.4 is 5.30 Å². The van der Waals surface area contributed by atoms with E-state index in [0.29, 0.717) is 0 Å². The van der Waals surface area contributed by atoms with Crippen LogP contribution in [0.2, 0.25) is 0 Å². The Kier molecular flexibility index (Phi) is 6.63. The van der Waals surface area contributed by atoms with Gasteiger partial charge in [0.1, 0.15) is 0 Å². The Bertz CT molecular complexity index is 244. The Hall–Kier alpha value is 0.130. The number of hydrogen-bond donors (Lipinski definition) is 0. The lowest BCUT2D eigenvalue weighted by Gasteiger charge is -2.14. The van der Waals surface area contributed by atoms with Crippen LogP contribution in [0.15, 0.2) is 24.3 Å². The summed E-state index contributed by atoms with van der Waals surface area (Å²) in [7, 11) is 2.81. The molecular weight excluding hydrogens is 243 g/mol. The quantitative estimate of drug-likeness (QED) is 0.728. The Morgan fingerprint density at radius 3 is 2.15 bits per heavy atom. The molecule has 0 heterocycles. The average molecular weight is 261 g/mol.